The molecular weight excluding hydrogens is 260 g/mol. The summed E-state index contributed by atoms with van der Waals surface area (Å²) in [5, 5.41) is 0. The van der Waals surface area contributed by atoms with Crippen LogP contribution in [0.3, 0.4) is 0 Å². The van der Waals surface area contributed by atoms with E-state index in [1.54, 1.807) is 0 Å². The van der Waals surface area contributed by atoms with E-state index in [1.165, 1.54) is 11.1 Å². The fraction of sp³-hybridized carbons (Fsp3) is 0.316. The zero-order valence-corrected chi connectivity index (χ0v) is 13.4. The van der Waals surface area contributed by atoms with E-state index in [9.17, 15) is 4.79 Å². The van der Waals surface area contributed by atoms with Crippen LogP contribution in [0.2, 0.25) is 0 Å². The zero-order chi connectivity index (χ0) is 15.6. The number of ether oxygens (including phenoxy) is 1. The van der Waals surface area contributed by atoms with Crippen LogP contribution in [0.15, 0.2) is 30.3 Å². The molecule has 0 bridgehead atoms. The standard InChI is InChI=1S/C19H22O2/c1-12-9-14(3)19(15(4)10-12)17(20)11-21-18-8-6-7-13(2)16(18)5/h6-10H,11H2,1-5H3. The number of hydrogen-bond acceptors (Lipinski definition) is 2. The van der Waals surface area contributed by atoms with Crippen LogP contribution in [0.25, 0.3) is 0 Å². The van der Waals surface area contributed by atoms with Gasteiger partial charge in [-0.05, 0) is 62.9 Å². The van der Waals surface area contributed by atoms with E-state index in [-0.39, 0.29) is 12.4 Å². The molecule has 2 aromatic carbocycles. The lowest BCUT2D eigenvalue weighted by molar-refractivity contribution is 0.0920. The van der Waals surface area contributed by atoms with Gasteiger partial charge in [0.1, 0.15) is 5.75 Å². The Morgan fingerprint density at radius 2 is 1.57 bits per heavy atom. The van der Waals surface area contributed by atoms with Gasteiger partial charge < -0.3 is 4.74 Å². The number of rotatable bonds is 4. The third-order valence-corrected chi connectivity index (χ3v) is 3.87. The summed E-state index contributed by atoms with van der Waals surface area (Å²) < 4.78 is 5.72. The van der Waals surface area contributed by atoms with Crippen molar-refractivity contribution >= 4 is 5.78 Å². The average molecular weight is 282 g/mol. The Labute approximate surface area is 126 Å². The predicted molar refractivity (Wildman–Crippen MR) is 86.4 cm³/mol. The molecule has 0 amide bonds. The highest BCUT2D eigenvalue weighted by Gasteiger charge is 2.14. The maximum absolute atomic E-state index is 12.4. The molecule has 0 aromatic heterocycles. The van der Waals surface area contributed by atoms with Crippen LogP contribution in [0.1, 0.15) is 38.2 Å². The van der Waals surface area contributed by atoms with Gasteiger partial charge in [0.05, 0.1) is 0 Å². The SMILES string of the molecule is Cc1cc(C)c(C(=O)COc2cccc(C)c2C)c(C)c1. The van der Waals surface area contributed by atoms with E-state index >= 15 is 0 Å². The van der Waals surface area contributed by atoms with Crippen LogP contribution in [-0.2, 0) is 0 Å². The van der Waals surface area contributed by atoms with Gasteiger partial charge in [0.15, 0.2) is 6.61 Å². The fourth-order valence-electron chi connectivity index (χ4n) is 2.72. The Morgan fingerprint density at radius 3 is 2.19 bits per heavy atom. The van der Waals surface area contributed by atoms with Crippen LogP contribution in [0.4, 0.5) is 0 Å². The second kappa shape index (κ2) is 6.13. The van der Waals surface area contributed by atoms with Gasteiger partial charge in [0.2, 0.25) is 5.78 Å². The number of Topliss-reactive ketones (excluding diaryl/α,β-unsaturated/α-hetero) is 1. The molecule has 0 N–H and O–H groups in total. The first-order chi connectivity index (χ1) is 9.90. The highest BCUT2D eigenvalue weighted by atomic mass is 16.5. The van der Waals surface area contributed by atoms with Crippen molar-refractivity contribution in [3.63, 3.8) is 0 Å². The minimum Gasteiger partial charge on any atom is -0.485 e. The first-order valence-corrected chi connectivity index (χ1v) is 7.20. The maximum atomic E-state index is 12.4. The van der Waals surface area contributed by atoms with E-state index in [0.29, 0.717) is 0 Å². The number of hydrogen-bond donors (Lipinski definition) is 0. The summed E-state index contributed by atoms with van der Waals surface area (Å²) in [5.74, 6) is 0.816. The summed E-state index contributed by atoms with van der Waals surface area (Å²) in [6.45, 7) is 10.1. The van der Waals surface area contributed by atoms with E-state index < -0.39 is 0 Å². The molecule has 0 radical (unpaired) electrons. The van der Waals surface area contributed by atoms with E-state index in [4.69, 9.17) is 4.74 Å². The highest BCUT2D eigenvalue weighted by Crippen LogP contribution is 2.22. The van der Waals surface area contributed by atoms with Crippen molar-refractivity contribution in [2.45, 2.75) is 34.6 Å². The molecule has 110 valence electrons. The Balaban J connectivity index is 2.18. The van der Waals surface area contributed by atoms with Gasteiger partial charge in [-0.3, -0.25) is 4.79 Å². The van der Waals surface area contributed by atoms with Crippen LogP contribution in [0, 0.1) is 34.6 Å². The highest BCUT2D eigenvalue weighted by molar-refractivity contribution is 6.00. The minimum absolute atomic E-state index is 0.0332. The fourth-order valence-corrected chi connectivity index (χ4v) is 2.72. The normalized spacial score (nSPS) is 10.5. The second-order valence-electron chi connectivity index (χ2n) is 5.68. The summed E-state index contributed by atoms with van der Waals surface area (Å²) in [6.07, 6.45) is 0. The van der Waals surface area contributed by atoms with Crippen molar-refractivity contribution in [2.24, 2.45) is 0 Å². The van der Waals surface area contributed by atoms with Crippen molar-refractivity contribution in [2.75, 3.05) is 6.61 Å². The lowest BCUT2D eigenvalue weighted by Crippen LogP contribution is -2.15. The molecular formula is C19H22O2. The lowest BCUT2D eigenvalue weighted by Gasteiger charge is -2.13. The monoisotopic (exact) mass is 282 g/mol. The summed E-state index contributed by atoms with van der Waals surface area (Å²) in [6, 6.07) is 9.98. The molecule has 0 aliphatic rings. The van der Waals surface area contributed by atoms with Crippen LogP contribution >= 0.6 is 0 Å². The van der Waals surface area contributed by atoms with Crippen LogP contribution < -0.4 is 4.74 Å². The molecule has 0 fully saturated rings. The Morgan fingerprint density at radius 1 is 0.952 bits per heavy atom. The third-order valence-electron chi connectivity index (χ3n) is 3.87. The van der Waals surface area contributed by atoms with Crippen molar-refractivity contribution in [3.05, 3.63) is 63.7 Å². The molecule has 2 heteroatoms. The van der Waals surface area contributed by atoms with Gasteiger partial charge in [0, 0.05) is 5.56 Å². The zero-order valence-electron chi connectivity index (χ0n) is 13.4. The summed E-state index contributed by atoms with van der Waals surface area (Å²) in [5.41, 5.74) is 6.25. The molecule has 2 nitrogen and oxygen atoms in total. The Bertz CT molecular complexity index is 661. The topological polar surface area (TPSA) is 26.3 Å². The van der Waals surface area contributed by atoms with Crippen LogP contribution in [0.5, 0.6) is 5.75 Å². The second-order valence-corrected chi connectivity index (χ2v) is 5.68. The molecule has 0 saturated carbocycles. The molecule has 0 atom stereocenters. The van der Waals surface area contributed by atoms with Gasteiger partial charge in [-0.2, -0.15) is 0 Å². The van der Waals surface area contributed by atoms with Gasteiger partial charge in [-0.15, -0.1) is 0 Å². The number of carbonyl (C=O) groups excluding carboxylic acids is 1. The van der Waals surface area contributed by atoms with Gasteiger partial charge >= 0.3 is 0 Å². The average Bonchev–Trinajstić information content (AvgIpc) is 2.39. The molecule has 0 unspecified atom stereocenters. The predicted octanol–water partition coefficient (Wildman–Crippen LogP) is 4.49. The van der Waals surface area contributed by atoms with Crippen molar-refractivity contribution in [3.8, 4) is 5.75 Å². The molecule has 2 rings (SSSR count). The summed E-state index contributed by atoms with van der Waals surface area (Å²) >= 11 is 0. The molecule has 2 aromatic rings. The summed E-state index contributed by atoms with van der Waals surface area (Å²) in [7, 11) is 0. The molecule has 0 spiro atoms. The third kappa shape index (κ3) is 3.33. The van der Waals surface area contributed by atoms with Gasteiger partial charge in [0.25, 0.3) is 0 Å². The van der Waals surface area contributed by atoms with E-state index in [0.717, 1.165) is 28.0 Å². The van der Waals surface area contributed by atoms with Crippen LogP contribution in [-0.4, -0.2) is 12.4 Å². The number of aryl methyl sites for hydroxylation is 4. The molecule has 0 saturated heterocycles. The summed E-state index contributed by atoms with van der Waals surface area (Å²) in [4.78, 5) is 12.4. The van der Waals surface area contributed by atoms with Crippen molar-refractivity contribution in [1.29, 1.82) is 0 Å². The molecule has 0 aliphatic carbocycles. The largest absolute Gasteiger partial charge is 0.485 e. The number of benzene rings is 2. The maximum Gasteiger partial charge on any atom is 0.200 e. The first kappa shape index (κ1) is 15.3. The van der Waals surface area contributed by atoms with E-state index in [2.05, 4.69) is 0 Å². The Kier molecular flexibility index (Phi) is 4.46. The van der Waals surface area contributed by atoms with E-state index in [1.807, 2.05) is 65.0 Å². The van der Waals surface area contributed by atoms with Crippen molar-refractivity contribution < 1.29 is 9.53 Å². The Hall–Kier alpha value is -2.09. The molecule has 21 heavy (non-hydrogen) atoms. The minimum atomic E-state index is 0.0332. The van der Waals surface area contributed by atoms with Gasteiger partial charge in [-0.1, -0.05) is 29.8 Å². The number of ketones is 1. The van der Waals surface area contributed by atoms with Crippen molar-refractivity contribution in [1.82, 2.24) is 0 Å². The first-order valence-electron chi connectivity index (χ1n) is 7.20. The molecule has 0 aliphatic heterocycles. The molecule has 0 heterocycles. The van der Waals surface area contributed by atoms with Gasteiger partial charge in [-0.25, -0.2) is 0 Å². The number of carbonyl (C=O) groups is 1. The quantitative estimate of drug-likeness (QED) is 0.772. The smallest absolute Gasteiger partial charge is 0.200 e. The lowest BCUT2D eigenvalue weighted by atomic mass is 9.97.